The molecule has 0 aliphatic carbocycles. The summed E-state index contributed by atoms with van der Waals surface area (Å²) in [5.74, 6) is 1.04. The van der Waals surface area contributed by atoms with Crippen LogP contribution in [0.5, 0.6) is 6.01 Å². The van der Waals surface area contributed by atoms with Gasteiger partial charge in [-0.15, -0.1) is 0 Å². The SMILES string of the molecule is CC.CN1CCCC1.COc1nc2c(c(N3CCNC[C@@H]3C)n1)CNC2. The maximum Gasteiger partial charge on any atom is 0.318 e. The van der Waals surface area contributed by atoms with Gasteiger partial charge in [0, 0.05) is 44.3 Å². The first kappa shape index (κ1) is 20.9. The van der Waals surface area contributed by atoms with E-state index >= 15 is 0 Å². The molecule has 148 valence electrons. The van der Waals surface area contributed by atoms with Crippen molar-refractivity contribution in [3.63, 3.8) is 0 Å². The molecular formula is C19H36N6O. The van der Waals surface area contributed by atoms with Gasteiger partial charge in [-0.05, 0) is 39.9 Å². The Hall–Kier alpha value is -1.44. The molecule has 0 amide bonds. The van der Waals surface area contributed by atoms with Crippen LogP contribution >= 0.6 is 0 Å². The van der Waals surface area contributed by atoms with E-state index in [1.54, 1.807) is 7.11 Å². The molecule has 2 N–H and O–H groups in total. The predicted octanol–water partition coefficient (Wildman–Crippen LogP) is 1.62. The zero-order valence-corrected chi connectivity index (χ0v) is 17.1. The Balaban J connectivity index is 0.000000256. The summed E-state index contributed by atoms with van der Waals surface area (Å²) in [7, 11) is 3.79. The summed E-state index contributed by atoms with van der Waals surface area (Å²) in [6, 6.07) is 0.918. The van der Waals surface area contributed by atoms with E-state index in [9.17, 15) is 0 Å². The molecule has 7 nitrogen and oxygen atoms in total. The number of nitrogens with zero attached hydrogens (tertiary/aromatic N) is 4. The van der Waals surface area contributed by atoms with E-state index in [-0.39, 0.29) is 0 Å². The molecule has 2 saturated heterocycles. The topological polar surface area (TPSA) is 65.5 Å². The van der Waals surface area contributed by atoms with Gasteiger partial charge in [-0.1, -0.05) is 13.8 Å². The fourth-order valence-corrected chi connectivity index (χ4v) is 3.49. The predicted molar refractivity (Wildman–Crippen MR) is 107 cm³/mol. The van der Waals surface area contributed by atoms with E-state index in [4.69, 9.17) is 4.74 Å². The van der Waals surface area contributed by atoms with Gasteiger partial charge in [-0.25, -0.2) is 0 Å². The Morgan fingerprint density at radius 1 is 1.04 bits per heavy atom. The second-order valence-corrected chi connectivity index (χ2v) is 6.82. The van der Waals surface area contributed by atoms with Crippen molar-refractivity contribution in [3.8, 4) is 6.01 Å². The van der Waals surface area contributed by atoms with Crippen molar-refractivity contribution in [2.45, 2.75) is 52.7 Å². The molecular weight excluding hydrogens is 328 g/mol. The highest BCUT2D eigenvalue weighted by Gasteiger charge is 2.27. The van der Waals surface area contributed by atoms with Crippen molar-refractivity contribution in [1.82, 2.24) is 25.5 Å². The first-order valence-electron chi connectivity index (χ1n) is 9.99. The average Bonchev–Trinajstić information content (AvgIpc) is 3.34. The summed E-state index contributed by atoms with van der Waals surface area (Å²) >= 11 is 0. The van der Waals surface area contributed by atoms with Gasteiger partial charge in [-0.2, -0.15) is 9.97 Å². The van der Waals surface area contributed by atoms with Crippen molar-refractivity contribution in [3.05, 3.63) is 11.3 Å². The lowest BCUT2D eigenvalue weighted by atomic mass is 10.1. The highest BCUT2D eigenvalue weighted by atomic mass is 16.5. The lowest BCUT2D eigenvalue weighted by Crippen LogP contribution is -2.50. The van der Waals surface area contributed by atoms with Gasteiger partial charge >= 0.3 is 6.01 Å². The number of fused-ring (bicyclic) bond motifs is 1. The van der Waals surface area contributed by atoms with Crippen molar-refractivity contribution >= 4 is 5.82 Å². The zero-order valence-electron chi connectivity index (χ0n) is 17.1. The van der Waals surface area contributed by atoms with Gasteiger partial charge in [0.05, 0.1) is 12.8 Å². The maximum atomic E-state index is 5.21. The lowest BCUT2D eigenvalue weighted by molar-refractivity contribution is 0.376. The molecule has 0 bridgehead atoms. The minimum absolute atomic E-state index is 0.447. The monoisotopic (exact) mass is 364 g/mol. The van der Waals surface area contributed by atoms with Crippen molar-refractivity contribution in [2.24, 2.45) is 0 Å². The van der Waals surface area contributed by atoms with E-state index in [0.717, 1.165) is 44.2 Å². The number of likely N-dealkylation sites (tertiary alicyclic amines) is 1. The highest BCUT2D eigenvalue weighted by molar-refractivity contribution is 5.52. The van der Waals surface area contributed by atoms with Gasteiger partial charge < -0.3 is 25.2 Å². The molecule has 4 rings (SSSR count). The van der Waals surface area contributed by atoms with Crippen LogP contribution in [0.3, 0.4) is 0 Å². The summed E-state index contributed by atoms with van der Waals surface area (Å²) in [6.45, 7) is 13.5. The zero-order chi connectivity index (χ0) is 18.9. The largest absolute Gasteiger partial charge is 0.467 e. The van der Waals surface area contributed by atoms with Gasteiger partial charge in [0.25, 0.3) is 0 Å². The molecule has 1 aromatic heterocycles. The third kappa shape index (κ3) is 5.28. The molecule has 7 heteroatoms. The minimum Gasteiger partial charge on any atom is -0.467 e. The van der Waals surface area contributed by atoms with E-state index in [1.807, 2.05) is 13.8 Å². The fourth-order valence-electron chi connectivity index (χ4n) is 3.49. The van der Waals surface area contributed by atoms with Crippen LogP contribution in [-0.2, 0) is 13.1 Å². The summed E-state index contributed by atoms with van der Waals surface area (Å²) in [5, 5.41) is 6.73. The Bertz CT molecular complexity index is 547. The van der Waals surface area contributed by atoms with Crippen LogP contribution in [0.4, 0.5) is 5.82 Å². The lowest BCUT2D eigenvalue weighted by Gasteiger charge is -2.35. The van der Waals surface area contributed by atoms with Crippen LogP contribution in [0.25, 0.3) is 0 Å². The molecule has 0 saturated carbocycles. The third-order valence-electron chi connectivity index (χ3n) is 4.93. The van der Waals surface area contributed by atoms with Crippen molar-refractivity contribution in [1.29, 1.82) is 0 Å². The van der Waals surface area contributed by atoms with Crippen molar-refractivity contribution in [2.75, 3.05) is 51.8 Å². The van der Waals surface area contributed by atoms with Crippen molar-refractivity contribution < 1.29 is 4.74 Å². The molecule has 3 aliphatic heterocycles. The first-order chi connectivity index (χ1) is 12.7. The van der Waals surface area contributed by atoms with Gasteiger partial charge in [0.2, 0.25) is 0 Å². The normalized spacial score (nSPS) is 22.0. The van der Waals surface area contributed by atoms with E-state index < -0.39 is 0 Å². The second-order valence-electron chi connectivity index (χ2n) is 6.82. The summed E-state index contributed by atoms with van der Waals surface area (Å²) in [4.78, 5) is 13.7. The quantitative estimate of drug-likeness (QED) is 0.827. The van der Waals surface area contributed by atoms with Crippen LogP contribution in [0, 0.1) is 0 Å². The van der Waals surface area contributed by atoms with E-state index in [1.165, 1.54) is 31.5 Å². The smallest absolute Gasteiger partial charge is 0.318 e. The highest BCUT2D eigenvalue weighted by Crippen LogP contribution is 2.28. The fraction of sp³-hybridized carbons (Fsp3) is 0.789. The molecule has 0 unspecified atom stereocenters. The first-order valence-corrected chi connectivity index (χ1v) is 9.99. The Morgan fingerprint density at radius 2 is 1.77 bits per heavy atom. The minimum atomic E-state index is 0.447. The number of hydrogen-bond donors (Lipinski definition) is 2. The molecule has 3 aliphatic rings. The molecule has 1 atom stereocenters. The second kappa shape index (κ2) is 10.6. The number of aromatic nitrogens is 2. The molecule has 26 heavy (non-hydrogen) atoms. The molecule has 0 radical (unpaired) electrons. The Kier molecular flexibility index (Phi) is 8.54. The van der Waals surface area contributed by atoms with Crippen LogP contribution < -0.4 is 20.3 Å². The van der Waals surface area contributed by atoms with E-state index in [0.29, 0.717) is 12.1 Å². The number of piperazine rings is 1. The summed E-state index contributed by atoms with van der Waals surface area (Å²) < 4.78 is 5.21. The number of methoxy groups -OCH3 is 1. The Morgan fingerprint density at radius 3 is 2.35 bits per heavy atom. The number of ether oxygens (including phenoxy) is 1. The Labute approximate surface area is 158 Å². The van der Waals surface area contributed by atoms with Crippen LogP contribution in [0.2, 0.25) is 0 Å². The molecule has 2 fully saturated rings. The number of nitrogens with one attached hydrogen (secondary N) is 2. The molecule has 4 heterocycles. The number of rotatable bonds is 2. The molecule has 0 spiro atoms. The van der Waals surface area contributed by atoms with Crippen LogP contribution in [0.15, 0.2) is 0 Å². The number of anilines is 1. The molecule has 0 aromatic carbocycles. The average molecular weight is 365 g/mol. The van der Waals surface area contributed by atoms with Gasteiger partial charge in [-0.3, -0.25) is 0 Å². The maximum absolute atomic E-state index is 5.21. The third-order valence-corrected chi connectivity index (χ3v) is 4.93. The van der Waals surface area contributed by atoms with Crippen LogP contribution in [-0.4, -0.2) is 67.8 Å². The number of hydrogen-bond acceptors (Lipinski definition) is 7. The summed E-state index contributed by atoms with van der Waals surface area (Å²) in [6.07, 6.45) is 2.83. The van der Waals surface area contributed by atoms with Gasteiger partial charge in [0.1, 0.15) is 5.82 Å². The van der Waals surface area contributed by atoms with Gasteiger partial charge in [0.15, 0.2) is 0 Å². The van der Waals surface area contributed by atoms with Crippen LogP contribution in [0.1, 0.15) is 44.9 Å². The van der Waals surface area contributed by atoms with E-state index in [2.05, 4.69) is 44.4 Å². The standard InChI is InChI=1S/C12H19N5O.C5H11N.C2H6/c1-8-5-13-3-4-17(8)11-9-6-14-7-10(9)15-12(16-11)18-2;1-6-4-2-3-5-6;1-2/h8,13-14H,3-7H2,1-2H3;2-5H2,1H3;1-2H3/t8-;;/m0../s1. The summed E-state index contributed by atoms with van der Waals surface area (Å²) in [5.41, 5.74) is 2.30. The molecule has 1 aromatic rings.